The number of hydrogen-bond donors (Lipinski definition) is 0. The van der Waals surface area contributed by atoms with E-state index in [-0.39, 0.29) is 5.91 Å². The van der Waals surface area contributed by atoms with Crippen molar-refractivity contribution in [2.75, 3.05) is 7.05 Å². The van der Waals surface area contributed by atoms with Crippen molar-refractivity contribution in [2.24, 2.45) is 7.05 Å². The maximum atomic E-state index is 12.2. The maximum absolute atomic E-state index is 12.2. The second-order valence-electron chi connectivity index (χ2n) is 5.36. The fourth-order valence-electron chi connectivity index (χ4n) is 2.25. The van der Waals surface area contributed by atoms with E-state index in [9.17, 15) is 4.79 Å². The molecule has 0 N–H and O–H groups in total. The molecule has 0 fully saturated rings. The Morgan fingerprint density at radius 1 is 1.32 bits per heavy atom. The summed E-state index contributed by atoms with van der Waals surface area (Å²) in [7, 11) is 3.71. The Balaban J connectivity index is 2.04. The predicted octanol–water partition coefficient (Wildman–Crippen LogP) is 3.47. The molecule has 2 aromatic rings. The van der Waals surface area contributed by atoms with Crippen LogP contribution in [-0.4, -0.2) is 27.6 Å². The minimum absolute atomic E-state index is 0.0226. The molecule has 0 saturated carbocycles. The van der Waals surface area contributed by atoms with Gasteiger partial charge in [0.2, 0.25) is 5.91 Å². The molecule has 5 heteroatoms. The number of aromatic nitrogens is 2. The Morgan fingerprint density at radius 2 is 1.95 bits per heavy atom. The monoisotopic (exact) mass is 361 g/mol. The summed E-state index contributed by atoms with van der Waals surface area (Å²) in [5.74, 6) is -0.0226. The first kappa shape index (κ1) is 16.5. The highest BCUT2D eigenvalue weighted by atomic mass is 79.9. The molecule has 1 amide bonds. The molecule has 1 aromatic heterocycles. The molecular formula is C17H20BrN3O. The van der Waals surface area contributed by atoms with Crippen LogP contribution < -0.4 is 0 Å². The average Bonchev–Trinajstić information content (AvgIpc) is 2.72. The molecule has 0 spiro atoms. The molecule has 0 bridgehead atoms. The van der Waals surface area contributed by atoms with E-state index < -0.39 is 0 Å². The first-order valence-electron chi connectivity index (χ1n) is 7.06. The zero-order valence-corrected chi connectivity index (χ0v) is 14.9. The van der Waals surface area contributed by atoms with Crippen LogP contribution in [0.2, 0.25) is 0 Å². The van der Waals surface area contributed by atoms with Crippen LogP contribution in [0.15, 0.2) is 34.8 Å². The van der Waals surface area contributed by atoms with Gasteiger partial charge in [0.05, 0.1) is 5.69 Å². The Morgan fingerprint density at radius 3 is 2.50 bits per heavy atom. The lowest BCUT2D eigenvalue weighted by atomic mass is 10.2. The number of nitrogens with zero attached hydrogens (tertiary/aromatic N) is 3. The maximum Gasteiger partial charge on any atom is 0.246 e. The fourth-order valence-corrected chi connectivity index (χ4v) is 2.52. The summed E-state index contributed by atoms with van der Waals surface area (Å²) in [4.78, 5) is 13.9. The van der Waals surface area contributed by atoms with Crippen molar-refractivity contribution >= 4 is 27.9 Å². The van der Waals surface area contributed by atoms with Crippen LogP contribution >= 0.6 is 15.9 Å². The number of amides is 1. The Hall–Kier alpha value is -1.88. The molecule has 1 heterocycles. The van der Waals surface area contributed by atoms with Crippen molar-refractivity contribution in [3.63, 3.8) is 0 Å². The number of hydrogen-bond acceptors (Lipinski definition) is 2. The number of rotatable bonds is 4. The number of carbonyl (C=O) groups is 1. The van der Waals surface area contributed by atoms with Crippen molar-refractivity contribution in [1.29, 1.82) is 0 Å². The van der Waals surface area contributed by atoms with Gasteiger partial charge < -0.3 is 4.90 Å². The Kier molecular flexibility index (Phi) is 5.19. The molecule has 22 heavy (non-hydrogen) atoms. The zero-order valence-electron chi connectivity index (χ0n) is 13.3. The van der Waals surface area contributed by atoms with Gasteiger partial charge in [-0.05, 0) is 37.6 Å². The SMILES string of the molecule is Cc1nn(C)c(C)c1/C=C/C(=O)N(C)Cc1ccc(Br)cc1. The lowest BCUT2D eigenvalue weighted by molar-refractivity contribution is -0.125. The van der Waals surface area contributed by atoms with E-state index in [2.05, 4.69) is 21.0 Å². The second kappa shape index (κ2) is 6.92. The van der Waals surface area contributed by atoms with E-state index in [0.717, 1.165) is 27.0 Å². The summed E-state index contributed by atoms with van der Waals surface area (Å²) in [6, 6.07) is 7.97. The normalized spacial score (nSPS) is 11.1. The highest BCUT2D eigenvalue weighted by Crippen LogP contribution is 2.15. The molecule has 0 atom stereocenters. The fraction of sp³-hybridized carbons (Fsp3) is 0.294. The Bertz CT molecular complexity index is 701. The van der Waals surface area contributed by atoms with E-state index in [4.69, 9.17) is 0 Å². The van der Waals surface area contributed by atoms with Crippen LogP contribution in [0.25, 0.3) is 6.08 Å². The summed E-state index contributed by atoms with van der Waals surface area (Å²) in [6.07, 6.45) is 3.45. The second-order valence-corrected chi connectivity index (χ2v) is 6.28. The van der Waals surface area contributed by atoms with E-state index in [0.29, 0.717) is 6.54 Å². The van der Waals surface area contributed by atoms with Gasteiger partial charge in [0.1, 0.15) is 0 Å². The molecule has 0 unspecified atom stereocenters. The molecule has 2 rings (SSSR count). The van der Waals surface area contributed by atoms with Crippen molar-refractivity contribution in [1.82, 2.24) is 14.7 Å². The lowest BCUT2D eigenvalue weighted by Crippen LogP contribution is -2.24. The van der Waals surface area contributed by atoms with Crippen LogP contribution in [0.4, 0.5) is 0 Å². The van der Waals surface area contributed by atoms with Crippen LogP contribution in [0.1, 0.15) is 22.5 Å². The highest BCUT2D eigenvalue weighted by molar-refractivity contribution is 9.10. The van der Waals surface area contributed by atoms with Gasteiger partial charge in [0.25, 0.3) is 0 Å². The first-order chi connectivity index (χ1) is 10.4. The van der Waals surface area contributed by atoms with Gasteiger partial charge in [-0.2, -0.15) is 5.10 Å². The third-order valence-corrected chi connectivity index (χ3v) is 4.20. The predicted molar refractivity (Wildman–Crippen MR) is 92.3 cm³/mol. The van der Waals surface area contributed by atoms with E-state index in [1.807, 2.05) is 55.9 Å². The van der Waals surface area contributed by atoms with E-state index >= 15 is 0 Å². The molecule has 116 valence electrons. The van der Waals surface area contributed by atoms with Gasteiger partial charge in [0, 0.05) is 42.4 Å². The number of halogens is 1. The summed E-state index contributed by atoms with van der Waals surface area (Å²) in [5, 5.41) is 4.35. The van der Waals surface area contributed by atoms with Crippen LogP contribution in [0.3, 0.4) is 0 Å². The molecule has 0 aliphatic rings. The molecule has 0 aliphatic carbocycles. The molecule has 0 radical (unpaired) electrons. The smallest absolute Gasteiger partial charge is 0.246 e. The van der Waals surface area contributed by atoms with Crippen LogP contribution in [0, 0.1) is 13.8 Å². The number of aryl methyl sites for hydroxylation is 2. The summed E-state index contributed by atoms with van der Waals surface area (Å²) in [5.41, 5.74) is 4.09. The largest absolute Gasteiger partial charge is 0.338 e. The topological polar surface area (TPSA) is 38.1 Å². The van der Waals surface area contributed by atoms with E-state index in [1.165, 1.54) is 0 Å². The summed E-state index contributed by atoms with van der Waals surface area (Å²) in [6.45, 7) is 4.53. The highest BCUT2D eigenvalue weighted by Gasteiger charge is 2.09. The average molecular weight is 362 g/mol. The third kappa shape index (κ3) is 3.85. The number of likely N-dealkylation sites (N-methyl/N-ethyl adjacent to an activating group) is 1. The van der Waals surface area contributed by atoms with Gasteiger partial charge in [-0.3, -0.25) is 9.48 Å². The Labute approximate surface area is 139 Å². The number of benzene rings is 1. The van der Waals surface area contributed by atoms with Crippen molar-refractivity contribution in [3.05, 3.63) is 57.3 Å². The summed E-state index contributed by atoms with van der Waals surface area (Å²) >= 11 is 3.41. The number of carbonyl (C=O) groups excluding carboxylic acids is 1. The lowest BCUT2D eigenvalue weighted by Gasteiger charge is -2.15. The summed E-state index contributed by atoms with van der Waals surface area (Å²) < 4.78 is 2.86. The van der Waals surface area contributed by atoms with Gasteiger partial charge in [0.15, 0.2) is 0 Å². The van der Waals surface area contributed by atoms with Crippen LogP contribution in [-0.2, 0) is 18.4 Å². The van der Waals surface area contributed by atoms with Crippen molar-refractivity contribution in [3.8, 4) is 0 Å². The van der Waals surface area contributed by atoms with Gasteiger partial charge >= 0.3 is 0 Å². The molecular weight excluding hydrogens is 342 g/mol. The van der Waals surface area contributed by atoms with E-state index in [1.54, 1.807) is 18.0 Å². The van der Waals surface area contributed by atoms with Gasteiger partial charge in [-0.25, -0.2) is 0 Å². The van der Waals surface area contributed by atoms with Gasteiger partial charge in [-0.1, -0.05) is 28.1 Å². The molecule has 0 aliphatic heterocycles. The molecule has 0 saturated heterocycles. The quantitative estimate of drug-likeness (QED) is 0.782. The van der Waals surface area contributed by atoms with Crippen molar-refractivity contribution < 1.29 is 4.79 Å². The minimum Gasteiger partial charge on any atom is -0.338 e. The molecule has 1 aromatic carbocycles. The standard InChI is InChI=1S/C17H20BrN3O/c1-12-16(13(2)21(4)19-12)9-10-17(22)20(3)11-14-5-7-15(18)8-6-14/h5-10H,11H2,1-4H3/b10-9+. The third-order valence-electron chi connectivity index (χ3n) is 3.67. The minimum atomic E-state index is -0.0226. The van der Waals surface area contributed by atoms with Gasteiger partial charge in [-0.15, -0.1) is 0 Å². The molecule has 4 nitrogen and oxygen atoms in total. The zero-order chi connectivity index (χ0) is 16.3. The first-order valence-corrected chi connectivity index (χ1v) is 7.85. The van der Waals surface area contributed by atoms with Crippen molar-refractivity contribution in [2.45, 2.75) is 20.4 Å². The van der Waals surface area contributed by atoms with Crippen LogP contribution in [0.5, 0.6) is 0 Å².